The van der Waals surface area contributed by atoms with Gasteiger partial charge in [0.15, 0.2) is 0 Å². The molecule has 0 unspecified atom stereocenters. The third-order valence-electron chi connectivity index (χ3n) is 4.27. The van der Waals surface area contributed by atoms with Gasteiger partial charge in [-0.05, 0) is 36.3 Å². The zero-order valence-electron chi connectivity index (χ0n) is 10.7. The van der Waals surface area contributed by atoms with Gasteiger partial charge in [-0.2, -0.15) is 0 Å². The molecular formula is C14H20N2OS. The van der Waals surface area contributed by atoms with Crippen LogP contribution in [0, 0.1) is 0 Å². The summed E-state index contributed by atoms with van der Waals surface area (Å²) in [5, 5.41) is 2.12. The Morgan fingerprint density at radius 1 is 1.33 bits per heavy atom. The standard InChI is InChI=1S/C14H20N2OS/c15-14(6-2-1-3-7-14)13(17)16-8-4-12-11(10-16)5-9-18-12/h5,9H,1-4,6-8,10,15H2. The summed E-state index contributed by atoms with van der Waals surface area (Å²) >= 11 is 1.80. The molecule has 0 radical (unpaired) electrons. The Hall–Kier alpha value is -0.870. The Balaban J connectivity index is 1.74. The van der Waals surface area contributed by atoms with E-state index in [0.29, 0.717) is 0 Å². The molecular weight excluding hydrogens is 244 g/mol. The van der Waals surface area contributed by atoms with Crippen LogP contribution in [0.5, 0.6) is 0 Å². The van der Waals surface area contributed by atoms with E-state index in [1.54, 1.807) is 11.3 Å². The summed E-state index contributed by atoms with van der Waals surface area (Å²) in [7, 11) is 0. The SMILES string of the molecule is NC1(C(=O)N2CCc3sccc3C2)CCCCC1. The summed E-state index contributed by atoms with van der Waals surface area (Å²) in [6.45, 7) is 1.60. The van der Waals surface area contributed by atoms with Crippen LogP contribution in [0.3, 0.4) is 0 Å². The summed E-state index contributed by atoms with van der Waals surface area (Å²) < 4.78 is 0. The summed E-state index contributed by atoms with van der Waals surface area (Å²) in [4.78, 5) is 16.0. The van der Waals surface area contributed by atoms with Crippen molar-refractivity contribution in [1.29, 1.82) is 0 Å². The largest absolute Gasteiger partial charge is 0.336 e. The average Bonchev–Trinajstić information content (AvgIpc) is 2.86. The molecule has 1 saturated carbocycles. The van der Waals surface area contributed by atoms with Gasteiger partial charge >= 0.3 is 0 Å². The predicted octanol–water partition coefficient (Wildman–Crippen LogP) is 2.29. The quantitative estimate of drug-likeness (QED) is 0.846. The second-order valence-corrected chi connectivity index (χ2v) is 6.56. The normalized spacial score (nSPS) is 22.6. The number of rotatable bonds is 1. The Labute approximate surface area is 112 Å². The molecule has 0 bridgehead atoms. The summed E-state index contributed by atoms with van der Waals surface area (Å²) in [6, 6.07) is 2.14. The van der Waals surface area contributed by atoms with Crippen molar-refractivity contribution in [3.63, 3.8) is 0 Å². The van der Waals surface area contributed by atoms with E-state index < -0.39 is 5.54 Å². The third-order valence-corrected chi connectivity index (χ3v) is 5.29. The molecule has 1 fully saturated rings. The van der Waals surface area contributed by atoms with E-state index in [1.807, 2.05) is 4.90 Å². The summed E-state index contributed by atoms with van der Waals surface area (Å²) in [6.07, 6.45) is 6.13. The molecule has 0 saturated heterocycles. The number of carbonyl (C=O) groups is 1. The Kier molecular flexibility index (Phi) is 3.16. The van der Waals surface area contributed by atoms with Gasteiger partial charge in [-0.15, -0.1) is 11.3 Å². The number of amides is 1. The van der Waals surface area contributed by atoms with Gasteiger partial charge in [0, 0.05) is 18.0 Å². The minimum absolute atomic E-state index is 0.180. The van der Waals surface area contributed by atoms with Crippen molar-refractivity contribution in [2.24, 2.45) is 5.73 Å². The number of hydrogen-bond acceptors (Lipinski definition) is 3. The second-order valence-electron chi connectivity index (χ2n) is 5.56. The lowest BCUT2D eigenvalue weighted by Gasteiger charge is -2.38. The number of hydrogen-bond donors (Lipinski definition) is 1. The van der Waals surface area contributed by atoms with E-state index in [9.17, 15) is 4.79 Å². The number of fused-ring (bicyclic) bond motifs is 1. The molecule has 2 N–H and O–H groups in total. The van der Waals surface area contributed by atoms with Crippen molar-refractivity contribution >= 4 is 17.2 Å². The molecule has 18 heavy (non-hydrogen) atoms. The molecule has 0 spiro atoms. The molecule has 98 valence electrons. The van der Waals surface area contributed by atoms with Crippen molar-refractivity contribution < 1.29 is 4.79 Å². The Morgan fingerprint density at radius 2 is 2.11 bits per heavy atom. The van der Waals surface area contributed by atoms with Gasteiger partial charge in [-0.25, -0.2) is 0 Å². The van der Waals surface area contributed by atoms with Gasteiger partial charge in [-0.3, -0.25) is 4.79 Å². The van der Waals surface area contributed by atoms with E-state index in [2.05, 4.69) is 11.4 Å². The fourth-order valence-corrected chi connectivity index (χ4v) is 4.02. The lowest BCUT2D eigenvalue weighted by atomic mass is 9.81. The monoisotopic (exact) mass is 264 g/mol. The molecule has 1 aliphatic carbocycles. The first kappa shape index (κ1) is 12.2. The number of carbonyl (C=O) groups excluding carboxylic acids is 1. The van der Waals surface area contributed by atoms with Gasteiger partial charge in [-0.1, -0.05) is 19.3 Å². The molecule has 3 rings (SSSR count). The maximum absolute atomic E-state index is 12.6. The molecule has 1 aliphatic heterocycles. The zero-order chi connectivity index (χ0) is 12.6. The highest BCUT2D eigenvalue weighted by atomic mass is 32.1. The Bertz CT molecular complexity index is 448. The van der Waals surface area contributed by atoms with E-state index in [-0.39, 0.29) is 5.91 Å². The topological polar surface area (TPSA) is 46.3 Å². The summed E-state index contributed by atoms with van der Waals surface area (Å²) in [5.41, 5.74) is 7.08. The van der Waals surface area contributed by atoms with Crippen LogP contribution in [0.25, 0.3) is 0 Å². The van der Waals surface area contributed by atoms with Crippen molar-refractivity contribution in [3.8, 4) is 0 Å². The molecule has 1 aromatic heterocycles. The number of nitrogens with two attached hydrogens (primary N) is 1. The number of nitrogens with zero attached hydrogens (tertiary/aromatic N) is 1. The molecule has 3 nitrogen and oxygen atoms in total. The van der Waals surface area contributed by atoms with E-state index in [0.717, 1.165) is 45.2 Å². The van der Waals surface area contributed by atoms with Crippen molar-refractivity contribution in [1.82, 2.24) is 4.90 Å². The first-order chi connectivity index (χ1) is 8.69. The molecule has 1 aromatic rings. The lowest BCUT2D eigenvalue weighted by Crippen LogP contribution is -2.56. The molecule has 4 heteroatoms. The highest BCUT2D eigenvalue weighted by molar-refractivity contribution is 7.10. The molecule has 0 atom stereocenters. The van der Waals surface area contributed by atoms with Gasteiger partial charge in [0.2, 0.25) is 5.91 Å². The van der Waals surface area contributed by atoms with Crippen LogP contribution in [-0.4, -0.2) is 22.9 Å². The first-order valence-electron chi connectivity index (χ1n) is 6.82. The van der Waals surface area contributed by atoms with Crippen molar-refractivity contribution in [2.75, 3.05) is 6.54 Å². The maximum atomic E-state index is 12.6. The van der Waals surface area contributed by atoms with Crippen LogP contribution in [0.2, 0.25) is 0 Å². The smallest absolute Gasteiger partial charge is 0.242 e. The van der Waals surface area contributed by atoms with Gasteiger partial charge < -0.3 is 10.6 Å². The fraction of sp³-hybridized carbons (Fsp3) is 0.643. The first-order valence-corrected chi connectivity index (χ1v) is 7.70. The second kappa shape index (κ2) is 4.67. The zero-order valence-corrected chi connectivity index (χ0v) is 11.5. The minimum atomic E-state index is -0.578. The third kappa shape index (κ3) is 2.08. The van der Waals surface area contributed by atoms with Crippen LogP contribution >= 0.6 is 11.3 Å². The van der Waals surface area contributed by atoms with Crippen molar-refractivity contribution in [3.05, 3.63) is 21.9 Å². The van der Waals surface area contributed by atoms with Gasteiger partial charge in [0.1, 0.15) is 0 Å². The average molecular weight is 264 g/mol. The Morgan fingerprint density at radius 3 is 2.89 bits per heavy atom. The van der Waals surface area contributed by atoms with Crippen LogP contribution in [0.1, 0.15) is 42.5 Å². The van der Waals surface area contributed by atoms with Gasteiger partial charge in [0.05, 0.1) is 5.54 Å². The highest BCUT2D eigenvalue weighted by Crippen LogP contribution is 2.30. The predicted molar refractivity (Wildman–Crippen MR) is 73.4 cm³/mol. The van der Waals surface area contributed by atoms with Crippen LogP contribution in [0.4, 0.5) is 0 Å². The lowest BCUT2D eigenvalue weighted by molar-refractivity contribution is -0.139. The molecule has 0 aromatic carbocycles. The van der Waals surface area contributed by atoms with Crippen LogP contribution in [-0.2, 0) is 17.8 Å². The highest BCUT2D eigenvalue weighted by Gasteiger charge is 2.39. The van der Waals surface area contributed by atoms with E-state index in [1.165, 1.54) is 16.9 Å². The van der Waals surface area contributed by atoms with Crippen molar-refractivity contribution in [2.45, 2.75) is 50.6 Å². The maximum Gasteiger partial charge on any atom is 0.242 e. The molecule has 2 heterocycles. The summed E-state index contributed by atoms with van der Waals surface area (Å²) in [5.74, 6) is 0.180. The van der Waals surface area contributed by atoms with E-state index >= 15 is 0 Å². The van der Waals surface area contributed by atoms with Crippen LogP contribution in [0.15, 0.2) is 11.4 Å². The van der Waals surface area contributed by atoms with Crippen LogP contribution < -0.4 is 5.73 Å². The fourth-order valence-electron chi connectivity index (χ4n) is 3.13. The van der Waals surface area contributed by atoms with Gasteiger partial charge in [0.25, 0.3) is 0 Å². The number of thiophene rings is 1. The molecule has 2 aliphatic rings. The minimum Gasteiger partial charge on any atom is -0.336 e. The van der Waals surface area contributed by atoms with E-state index in [4.69, 9.17) is 5.73 Å². The molecule has 1 amide bonds.